The van der Waals surface area contributed by atoms with E-state index in [1.165, 1.54) is 11.1 Å². The number of aryl methyl sites for hydroxylation is 1. The summed E-state index contributed by atoms with van der Waals surface area (Å²) in [6.45, 7) is 9.11. The number of ether oxygens (including phenoxy) is 2. The van der Waals surface area contributed by atoms with Crippen LogP contribution in [0.4, 0.5) is 0 Å². The lowest BCUT2D eigenvalue weighted by atomic mass is 10.1. The van der Waals surface area contributed by atoms with Crippen molar-refractivity contribution in [2.24, 2.45) is 5.92 Å². The van der Waals surface area contributed by atoms with Crippen LogP contribution in [0.15, 0.2) is 48.5 Å². The quantitative estimate of drug-likeness (QED) is 0.700. The first kappa shape index (κ1) is 20.3. The Morgan fingerprint density at radius 1 is 0.923 bits per heavy atom. The fourth-order valence-corrected chi connectivity index (χ4v) is 2.89. The maximum Gasteiger partial charge on any atom is 0.119 e. The maximum absolute atomic E-state index is 10.4. The van der Waals surface area contributed by atoms with Crippen LogP contribution in [0.25, 0.3) is 0 Å². The Balaban J connectivity index is 1.87. The van der Waals surface area contributed by atoms with E-state index in [-0.39, 0.29) is 6.61 Å². The van der Waals surface area contributed by atoms with Gasteiger partial charge in [0.2, 0.25) is 0 Å². The average molecular weight is 357 g/mol. The molecular formula is C22H31NO3. The number of methoxy groups -OCH3 is 1. The molecule has 2 aromatic rings. The summed E-state index contributed by atoms with van der Waals surface area (Å²) in [6.07, 6.45) is -0.540. The molecule has 0 unspecified atom stereocenters. The molecule has 0 aliphatic heterocycles. The first-order chi connectivity index (χ1) is 12.5. The molecule has 142 valence electrons. The van der Waals surface area contributed by atoms with Gasteiger partial charge in [0.05, 0.1) is 7.11 Å². The van der Waals surface area contributed by atoms with E-state index in [1.54, 1.807) is 7.11 Å². The summed E-state index contributed by atoms with van der Waals surface area (Å²) in [6, 6.07) is 16.0. The average Bonchev–Trinajstić information content (AvgIpc) is 2.62. The van der Waals surface area contributed by atoms with Gasteiger partial charge in [-0.05, 0) is 42.7 Å². The molecule has 0 amide bonds. The van der Waals surface area contributed by atoms with Crippen molar-refractivity contribution in [3.8, 4) is 11.5 Å². The number of benzene rings is 2. The summed E-state index contributed by atoms with van der Waals surface area (Å²) >= 11 is 0. The van der Waals surface area contributed by atoms with Crippen LogP contribution in [0.2, 0.25) is 0 Å². The zero-order valence-corrected chi connectivity index (χ0v) is 16.3. The van der Waals surface area contributed by atoms with Crippen LogP contribution in [-0.2, 0) is 6.54 Å². The number of aliphatic hydroxyl groups excluding tert-OH is 1. The fourth-order valence-electron chi connectivity index (χ4n) is 2.89. The van der Waals surface area contributed by atoms with Gasteiger partial charge < -0.3 is 14.6 Å². The highest BCUT2D eigenvalue weighted by Gasteiger charge is 2.14. The summed E-state index contributed by atoms with van der Waals surface area (Å²) in [4.78, 5) is 2.29. The lowest BCUT2D eigenvalue weighted by molar-refractivity contribution is 0.0615. The molecule has 0 radical (unpaired) electrons. The zero-order chi connectivity index (χ0) is 18.9. The van der Waals surface area contributed by atoms with Crippen LogP contribution in [0.5, 0.6) is 11.5 Å². The number of nitrogens with zero attached hydrogens (tertiary/aromatic N) is 1. The molecular weight excluding hydrogens is 326 g/mol. The second kappa shape index (κ2) is 10.2. The molecule has 0 spiro atoms. The van der Waals surface area contributed by atoms with E-state index in [0.29, 0.717) is 12.5 Å². The van der Waals surface area contributed by atoms with Crippen LogP contribution in [0.1, 0.15) is 25.0 Å². The lowest BCUT2D eigenvalue weighted by Crippen LogP contribution is -2.37. The standard InChI is InChI=1S/C22H31NO3/c1-17(2)13-23(14-19-7-5-18(3)6-8-19)15-20(24)16-26-22-11-9-21(25-4)10-12-22/h5-12,17,20,24H,13-16H2,1-4H3/t20-/m1/s1. The zero-order valence-electron chi connectivity index (χ0n) is 16.3. The van der Waals surface area contributed by atoms with Gasteiger partial charge >= 0.3 is 0 Å². The van der Waals surface area contributed by atoms with Crippen LogP contribution < -0.4 is 9.47 Å². The highest BCUT2D eigenvalue weighted by Crippen LogP contribution is 2.17. The van der Waals surface area contributed by atoms with Gasteiger partial charge in [0.15, 0.2) is 0 Å². The van der Waals surface area contributed by atoms with Crippen molar-refractivity contribution in [2.75, 3.05) is 26.8 Å². The van der Waals surface area contributed by atoms with Gasteiger partial charge in [0.1, 0.15) is 24.2 Å². The third kappa shape index (κ3) is 7.06. The fraction of sp³-hybridized carbons (Fsp3) is 0.455. The Hall–Kier alpha value is -2.04. The third-order valence-electron chi connectivity index (χ3n) is 4.12. The SMILES string of the molecule is COc1ccc(OC[C@H](O)CN(Cc2ccc(C)cc2)CC(C)C)cc1. The number of rotatable bonds is 10. The van der Waals surface area contributed by atoms with E-state index < -0.39 is 6.10 Å². The first-order valence-electron chi connectivity index (χ1n) is 9.19. The maximum atomic E-state index is 10.4. The number of hydrogen-bond acceptors (Lipinski definition) is 4. The normalized spacial score (nSPS) is 12.4. The molecule has 0 heterocycles. The van der Waals surface area contributed by atoms with Crippen molar-refractivity contribution in [2.45, 2.75) is 33.4 Å². The number of hydrogen-bond donors (Lipinski definition) is 1. The van der Waals surface area contributed by atoms with Crippen LogP contribution in [-0.4, -0.2) is 42.9 Å². The van der Waals surface area contributed by atoms with Gasteiger partial charge in [-0.25, -0.2) is 0 Å². The van der Waals surface area contributed by atoms with Crippen molar-refractivity contribution in [1.29, 1.82) is 0 Å². The minimum Gasteiger partial charge on any atom is -0.497 e. The second-order valence-corrected chi connectivity index (χ2v) is 7.21. The molecule has 2 aromatic carbocycles. The summed E-state index contributed by atoms with van der Waals surface area (Å²) in [5.41, 5.74) is 2.52. The topological polar surface area (TPSA) is 41.9 Å². The Kier molecular flexibility index (Phi) is 7.95. The molecule has 4 heteroatoms. The van der Waals surface area contributed by atoms with Crippen molar-refractivity contribution in [3.63, 3.8) is 0 Å². The van der Waals surface area contributed by atoms with E-state index in [1.807, 2.05) is 24.3 Å². The molecule has 1 N–H and O–H groups in total. The Morgan fingerprint density at radius 3 is 2.12 bits per heavy atom. The number of aliphatic hydroxyl groups is 1. The monoisotopic (exact) mass is 357 g/mol. The van der Waals surface area contributed by atoms with Gasteiger partial charge in [0.25, 0.3) is 0 Å². The van der Waals surface area contributed by atoms with Gasteiger partial charge in [0, 0.05) is 19.6 Å². The molecule has 0 bridgehead atoms. The van der Waals surface area contributed by atoms with Gasteiger partial charge in [-0.15, -0.1) is 0 Å². The van der Waals surface area contributed by atoms with E-state index in [0.717, 1.165) is 24.6 Å². The third-order valence-corrected chi connectivity index (χ3v) is 4.12. The van der Waals surface area contributed by atoms with E-state index in [9.17, 15) is 5.11 Å². The van der Waals surface area contributed by atoms with Crippen molar-refractivity contribution >= 4 is 0 Å². The van der Waals surface area contributed by atoms with E-state index in [4.69, 9.17) is 9.47 Å². The summed E-state index contributed by atoms with van der Waals surface area (Å²) in [7, 11) is 1.64. The van der Waals surface area contributed by atoms with E-state index >= 15 is 0 Å². The van der Waals surface area contributed by atoms with Crippen molar-refractivity contribution in [3.05, 3.63) is 59.7 Å². The van der Waals surface area contributed by atoms with Gasteiger partial charge in [-0.1, -0.05) is 43.7 Å². The molecule has 26 heavy (non-hydrogen) atoms. The van der Waals surface area contributed by atoms with Crippen LogP contribution in [0, 0.1) is 12.8 Å². The van der Waals surface area contributed by atoms with Gasteiger partial charge in [-0.3, -0.25) is 4.90 Å². The molecule has 1 atom stereocenters. The largest absolute Gasteiger partial charge is 0.497 e. The minimum absolute atomic E-state index is 0.273. The van der Waals surface area contributed by atoms with Crippen LogP contribution in [0.3, 0.4) is 0 Å². The highest BCUT2D eigenvalue weighted by atomic mass is 16.5. The Morgan fingerprint density at radius 2 is 1.54 bits per heavy atom. The van der Waals surface area contributed by atoms with Crippen molar-refractivity contribution < 1.29 is 14.6 Å². The molecule has 0 saturated heterocycles. The predicted octanol–water partition coefficient (Wildman–Crippen LogP) is 3.90. The molecule has 0 aliphatic rings. The summed E-state index contributed by atoms with van der Waals surface area (Å²) in [5.74, 6) is 2.06. The molecule has 4 nitrogen and oxygen atoms in total. The summed E-state index contributed by atoms with van der Waals surface area (Å²) in [5, 5.41) is 10.4. The van der Waals surface area contributed by atoms with Crippen LogP contribution >= 0.6 is 0 Å². The van der Waals surface area contributed by atoms with Gasteiger partial charge in [-0.2, -0.15) is 0 Å². The lowest BCUT2D eigenvalue weighted by Gasteiger charge is -2.27. The smallest absolute Gasteiger partial charge is 0.119 e. The molecule has 2 rings (SSSR count). The minimum atomic E-state index is -0.540. The highest BCUT2D eigenvalue weighted by molar-refractivity contribution is 5.31. The molecule has 0 fully saturated rings. The molecule has 0 saturated carbocycles. The Labute approximate surface area is 157 Å². The molecule has 0 aromatic heterocycles. The van der Waals surface area contributed by atoms with Crippen molar-refractivity contribution in [1.82, 2.24) is 4.90 Å². The van der Waals surface area contributed by atoms with E-state index in [2.05, 4.69) is 49.9 Å². The molecule has 0 aliphatic carbocycles. The Bertz CT molecular complexity index is 637. The predicted molar refractivity (Wildman–Crippen MR) is 106 cm³/mol. The first-order valence-corrected chi connectivity index (χ1v) is 9.19. The second-order valence-electron chi connectivity index (χ2n) is 7.21. The summed E-state index contributed by atoms with van der Waals surface area (Å²) < 4.78 is 10.8.